The summed E-state index contributed by atoms with van der Waals surface area (Å²) in [5.74, 6) is -1.26. The van der Waals surface area contributed by atoms with E-state index < -0.39 is 17.4 Å². The van der Waals surface area contributed by atoms with E-state index in [1.807, 2.05) is 0 Å². The van der Waals surface area contributed by atoms with Gasteiger partial charge in [0.1, 0.15) is 5.75 Å². The minimum Gasteiger partial charge on any atom is -0.482 e. The van der Waals surface area contributed by atoms with Gasteiger partial charge in [-0.05, 0) is 19.9 Å². The van der Waals surface area contributed by atoms with Crippen LogP contribution in [0.25, 0.3) is 0 Å². The molecule has 1 aromatic carbocycles. The monoisotopic (exact) mass is 353 g/mol. The van der Waals surface area contributed by atoms with E-state index in [0.717, 1.165) is 0 Å². The summed E-state index contributed by atoms with van der Waals surface area (Å²) in [5, 5.41) is 12.0. The van der Waals surface area contributed by atoms with Crippen molar-refractivity contribution in [1.82, 2.24) is 5.32 Å². The molecule has 0 saturated carbocycles. The number of hydrogen-bond donors (Lipinski definition) is 2. The van der Waals surface area contributed by atoms with Crippen molar-refractivity contribution in [2.24, 2.45) is 0 Å². The highest BCUT2D eigenvalue weighted by Crippen LogP contribution is 2.33. The van der Waals surface area contributed by atoms with Gasteiger partial charge in [-0.2, -0.15) is 0 Å². The summed E-state index contributed by atoms with van der Waals surface area (Å²) in [6, 6.07) is 2.81. The fraction of sp³-hybridized carbons (Fsp3) is 0.385. The molecule has 0 aromatic heterocycles. The minimum atomic E-state index is -1.01. The molecule has 1 aromatic rings. The molecular weight excluding hydrogens is 341 g/mol. The van der Waals surface area contributed by atoms with Gasteiger partial charge in [0.15, 0.2) is 6.61 Å². The zero-order valence-electron chi connectivity index (χ0n) is 11.4. The van der Waals surface area contributed by atoms with Gasteiger partial charge in [-0.25, -0.2) is 0 Å². The van der Waals surface area contributed by atoms with E-state index in [2.05, 4.69) is 5.32 Å². The number of amides is 1. The molecule has 0 aliphatic heterocycles. The van der Waals surface area contributed by atoms with Gasteiger partial charge >= 0.3 is 5.97 Å². The fourth-order valence-corrected chi connectivity index (χ4v) is 2.19. The van der Waals surface area contributed by atoms with Crippen LogP contribution in [-0.4, -0.2) is 29.1 Å². The molecule has 21 heavy (non-hydrogen) atoms. The van der Waals surface area contributed by atoms with Crippen molar-refractivity contribution >= 4 is 46.7 Å². The Morgan fingerprint density at radius 3 is 2.33 bits per heavy atom. The largest absolute Gasteiger partial charge is 0.482 e. The standard InChI is InChI=1S/C13H14Cl3NO4/c1-13(2,5-12(19)20)17-11(18)6-21-10-4-8(15)7(14)3-9(10)16/h3-4H,5-6H2,1-2H3,(H,17,18)(H,19,20). The van der Waals surface area contributed by atoms with Crippen molar-refractivity contribution in [3.05, 3.63) is 27.2 Å². The third-order valence-corrected chi connectivity index (χ3v) is 3.42. The average Bonchev–Trinajstić information content (AvgIpc) is 2.29. The van der Waals surface area contributed by atoms with E-state index in [1.165, 1.54) is 12.1 Å². The second-order valence-corrected chi connectivity index (χ2v) is 6.21. The number of benzene rings is 1. The van der Waals surface area contributed by atoms with E-state index in [1.54, 1.807) is 13.8 Å². The first-order valence-corrected chi connectivity index (χ1v) is 7.04. The lowest BCUT2D eigenvalue weighted by Gasteiger charge is -2.24. The SMILES string of the molecule is CC(C)(CC(=O)O)NC(=O)COc1cc(Cl)c(Cl)cc1Cl. The summed E-state index contributed by atoms with van der Waals surface area (Å²) >= 11 is 17.5. The van der Waals surface area contributed by atoms with Crippen molar-refractivity contribution in [3.8, 4) is 5.75 Å². The van der Waals surface area contributed by atoms with Gasteiger partial charge < -0.3 is 15.2 Å². The Hall–Kier alpha value is -1.17. The molecule has 116 valence electrons. The maximum absolute atomic E-state index is 11.7. The molecule has 0 unspecified atom stereocenters. The second kappa shape index (κ2) is 7.20. The van der Waals surface area contributed by atoms with E-state index in [-0.39, 0.29) is 33.8 Å². The van der Waals surface area contributed by atoms with Gasteiger partial charge in [0, 0.05) is 11.6 Å². The van der Waals surface area contributed by atoms with Crippen molar-refractivity contribution in [2.75, 3.05) is 6.61 Å². The second-order valence-electron chi connectivity index (χ2n) is 4.99. The predicted molar refractivity (Wildman–Crippen MR) is 81.4 cm³/mol. The van der Waals surface area contributed by atoms with Gasteiger partial charge in [0.25, 0.3) is 5.91 Å². The predicted octanol–water partition coefficient (Wildman–Crippen LogP) is 3.40. The zero-order chi connectivity index (χ0) is 16.2. The Bertz CT molecular complexity index is 561. The highest BCUT2D eigenvalue weighted by atomic mass is 35.5. The van der Waals surface area contributed by atoms with Gasteiger partial charge in [-0.3, -0.25) is 9.59 Å². The lowest BCUT2D eigenvalue weighted by molar-refractivity contribution is -0.138. The lowest BCUT2D eigenvalue weighted by Crippen LogP contribution is -2.46. The van der Waals surface area contributed by atoms with Crippen molar-refractivity contribution < 1.29 is 19.4 Å². The molecule has 1 rings (SSSR count). The molecule has 1 amide bonds. The molecule has 8 heteroatoms. The fourth-order valence-electron chi connectivity index (χ4n) is 1.59. The highest BCUT2D eigenvalue weighted by Gasteiger charge is 2.24. The first kappa shape index (κ1) is 17.9. The number of ether oxygens (including phenoxy) is 1. The van der Waals surface area contributed by atoms with Gasteiger partial charge in [0.05, 0.1) is 21.5 Å². The molecule has 2 N–H and O–H groups in total. The van der Waals surface area contributed by atoms with Crippen LogP contribution in [0.5, 0.6) is 5.75 Å². The minimum absolute atomic E-state index is 0.202. The van der Waals surface area contributed by atoms with Crippen molar-refractivity contribution in [3.63, 3.8) is 0 Å². The number of aliphatic carboxylic acids is 1. The van der Waals surface area contributed by atoms with E-state index >= 15 is 0 Å². The summed E-state index contributed by atoms with van der Waals surface area (Å²) in [5.41, 5.74) is -0.881. The molecule has 0 aliphatic rings. The van der Waals surface area contributed by atoms with Gasteiger partial charge in [-0.15, -0.1) is 0 Å². The summed E-state index contributed by atoms with van der Waals surface area (Å²) < 4.78 is 5.25. The maximum Gasteiger partial charge on any atom is 0.305 e. The topological polar surface area (TPSA) is 75.6 Å². The Labute approximate surface area is 137 Å². The van der Waals surface area contributed by atoms with Crippen LogP contribution in [-0.2, 0) is 9.59 Å². The van der Waals surface area contributed by atoms with Crippen LogP contribution in [0, 0.1) is 0 Å². The van der Waals surface area contributed by atoms with Crippen LogP contribution in [0.1, 0.15) is 20.3 Å². The van der Waals surface area contributed by atoms with Crippen LogP contribution in [0.2, 0.25) is 15.1 Å². The molecule has 0 fully saturated rings. The van der Waals surface area contributed by atoms with Crippen LogP contribution in [0.3, 0.4) is 0 Å². The third kappa shape index (κ3) is 5.99. The molecule has 0 bridgehead atoms. The van der Waals surface area contributed by atoms with E-state index in [4.69, 9.17) is 44.6 Å². The average molecular weight is 355 g/mol. The Morgan fingerprint density at radius 1 is 1.19 bits per heavy atom. The number of halogens is 3. The summed E-state index contributed by atoms with van der Waals surface area (Å²) in [6.45, 7) is 2.89. The highest BCUT2D eigenvalue weighted by molar-refractivity contribution is 6.43. The smallest absolute Gasteiger partial charge is 0.305 e. The number of carbonyl (C=O) groups excluding carboxylic acids is 1. The summed E-state index contributed by atoms with van der Waals surface area (Å²) in [6.07, 6.45) is -0.202. The normalized spacial score (nSPS) is 11.1. The first-order chi connectivity index (χ1) is 9.60. The number of nitrogens with one attached hydrogen (secondary N) is 1. The molecule has 0 aliphatic carbocycles. The summed E-state index contributed by atoms with van der Waals surface area (Å²) in [4.78, 5) is 22.4. The number of rotatable bonds is 6. The molecule has 0 heterocycles. The Kier molecular flexibility index (Phi) is 6.13. The molecule has 5 nitrogen and oxygen atoms in total. The van der Waals surface area contributed by atoms with Crippen LogP contribution >= 0.6 is 34.8 Å². The lowest BCUT2D eigenvalue weighted by atomic mass is 10.0. The van der Waals surface area contributed by atoms with Crippen molar-refractivity contribution in [1.29, 1.82) is 0 Å². The van der Waals surface area contributed by atoms with Crippen LogP contribution in [0.15, 0.2) is 12.1 Å². The zero-order valence-corrected chi connectivity index (χ0v) is 13.6. The van der Waals surface area contributed by atoms with Crippen molar-refractivity contribution in [2.45, 2.75) is 25.8 Å². The Balaban J connectivity index is 2.61. The van der Waals surface area contributed by atoms with Crippen LogP contribution in [0.4, 0.5) is 0 Å². The number of carboxylic acid groups (broad SMARTS) is 1. The van der Waals surface area contributed by atoms with Crippen LogP contribution < -0.4 is 10.1 Å². The number of carboxylic acids is 1. The molecular formula is C13H14Cl3NO4. The molecule has 0 saturated heterocycles. The number of carbonyl (C=O) groups is 2. The molecule has 0 atom stereocenters. The molecule has 0 spiro atoms. The summed E-state index contributed by atoms with van der Waals surface area (Å²) in [7, 11) is 0. The molecule has 0 radical (unpaired) electrons. The maximum atomic E-state index is 11.7. The first-order valence-electron chi connectivity index (χ1n) is 5.91. The van der Waals surface area contributed by atoms with E-state index in [9.17, 15) is 9.59 Å². The van der Waals surface area contributed by atoms with E-state index in [0.29, 0.717) is 0 Å². The van der Waals surface area contributed by atoms with Gasteiger partial charge in [0.2, 0.25) is 0 Å². The Morgan fingerprint density at radius 2 is 1.76 bits per heavy atom. The quantitative estimate of drug-likeness (QED) is 0.768. The third-order valence-electron chi connectivity index (χ3n) is 2.40. The number of hydrogen-bond acceptors (Lipinski definition) is 3. The van der Waals surface area contributed by atoms with Gasteiger partial charge in [-0.1, -0.05) is 34.8 Å².